The molecule has 6 nitrogen and oxygen atoms in total. The Labute approximate surface area is 160 Å². The third-order valence-electron chi connectivity index (χ3n) is 3.94. The van der Waals surface area contributed by atoms with Crippen LogP contribution in [-0.4, -0.2) is 42.7 Å². The standard InChI is InChI=1S/C18H19ClN2O4S/c1-11-16(26-17(21-11)12-4-2-5-13(19)8-12)18(23)25-10-15(22)20-9-14-6-3-7-24-14/h2,4-5,8,14H,3,6-7,9-10H2,1H3,(H,20,22)/t14-/m1/s1. The van der Waals surface area contributed by atoms with E-state index in [1.54, 1.807) is 19.1 Å². The normalized spacial score (nSPS) is 16.5. The van der Waals surface area contributed by atoms with Gasteiger partial charge in [-0.05, 0) is 31.9 Å². The molecule has 1 aromatic heterocycles. The number of esters is 1. The van der Waals surface area contributed by atoms with Gasteiger partial charge in [-0.3, -0.25) is 4.79 Å². The van der Waals surface area contributed by atoms with E-state index in [0.29, 0.717) is 27.1 Å². The first-order valence-electron chi connectivity index (χ1n) is 8.31. The molecule has 26 heavy (non-hydrogen) atoms. The van der Waals surface area contributed by atoms with E-state index in [4.69, 9.17) is 21.1 Å². The summed E-state index contributed by atoms with van der Waals surface area (Å²) < 4.78 is 10.5. The highest BCUT2D eigenvalue weighted by molar-refractivity contribution is 7.17. The van der Waals surface area contributed by atoms with Crippen LogP contribution in [0.1, 0.15) is 28.2 Å². The van der Waals surface area contributed by atoms with Crippen molar-refractivity contribution in [1.29, 1.82) is 0 Å². The fraction of sp³-hybridized carbons (Fsp3) is 0.389. The number of rotatable bonds is 6. The zero-order valence-electron chi connectivity index (χ0n) is 14.3. The van der Waals surface area contributed by atoms with Crippen molar-refractivity contribution in [2.45, 2.75) is 25.9 Å². The number of amides is 1. The van der Waals surface area contributed by atoms with Gasteiger partial charge in [0.15, 0.2) is 6.61 Å². The Hall–Kier alpha value is -1.96. The van der Waals surface area contributed by atoms with E-state index in [1.807, 2.05) is 12.1 Å². The number of halogens is 1. The second kappa shape index (κ2) is 8.62. The van der Waals surface area contributed by atoms with Gasteiger partial charge in [-0.2, -0.15) is 0 Å². The lowest BCUT2D eigenvalue weighted by Gasteiger charge is -2.10. The second-order valence-electron chi connectivity index (χ2n) is 5.96. The summed E-state index contributed by atoms with van der Waals surface area (Å²) in [6.45, 7) is 2.58. The third kappa shape index (κ3) is 4.81. The second-order valence-corrected chi connectivity index (χ2v) is 7.39. The van der Waals surface area contributed by atoms with Crippen LogP contribution in [0.4, 0.5) is 0 Å². The summed E-state index contributed by atoms with van der Waals surface area (Å²) in [5.74, 6) is -0.897. The molecule has 0 radical (unpaired) electrons. The minimum Gasteiger partial charge on any atom is -0.451 e. The van der Waals surface area contributed by atoms with Crippen LogP contribution in [0.3, 0.4) is 0 Å². The highest BCUT2D eigenvalue weighted by atomic mass is 35.5. The molecule has 1 aromatic carbocycles. The smallest absolute Gasteiger partial charge is 0.350 e. The van der Waals surface area contributed by atoms with Gasteiger partial charge >= 0.3 is 5.97 Å². The summed E-state index contributed by atoms with van der Waals surface area (Å²) >= 11 is 7.22. The summed E-state index contributed by atoms with van der Waals surface area (Å²) in [6.07, 6.45) is 2.00. The van der Waals surface area contributed by atoms with Gasteiger partial charge in [-0.1, -0.05) is 23.7 Å². The van der Waals surface area contributed by atoms with Gasteiger partial charge in [0.25, 0.3) is 5.91 Å². The predicted molar refractivity (Wildman–Crippen MR) is 99.6 cm³/mol. The van der Waals surface area contributed by atoms with Crippen LogP contribution in [0.15, 0.2) is 24.3 Å². The Morgan fingerprint density at radius 3 is 3.04 bits per heavy atom. The van der Waals surface area contributed by atoms with Crippen LogP contribution in [0.5, 0.6) is 0 Å². The molecule has 2 aromatic rings. The van der Waals surface area contributed by atoms with Gasteiger partial charge in [0.05, 0.1) is 11.8 Å². The van der Waals surface area contributed by atoms with Crippen LogP contribution in [0, 0.1) is 6.92 Å². The SMILES string of the molecule is Cc1nc(-c2cccc(Cl)c2)sc1C(=O)OCC(=O)NC[C@H]1CCCO1. The Balaban J connectivity index is 1.55. The minimum atomic E-state index is -0.555. The number of hydrogen-bond acceptors (Lipinski definition) is 6. The van der Waals surface area contributed by atoms with Gasteiger partial charge in [0.1, 0.15) is 9.88 Å². The molecule has 0 unspecified atom stereocenters. The minimum absolute atomic E-state index is 0.0543. The van der Waals surface area contributed by atoms with Gasteiger partial charge in [-0.15, -0.1) is 11.3 Å². The Morgan fingerprint density at radius 2 is 2.31 bits per heavy atom. The zero-order chi connectivity index (χ0) is 18.5. The fourth-order valence-electron chi connectivity index (χ4n) is 2.61. The molecular weight excluding hydrogens is 376 g/mol. The van der Waals surface area contributed by atoms with Crippen molar-refractivity contribution in [1.82, 2.24) is 10.3 Å². The largest absolute Gasteiger partial charge is 0.451 e. The molecule has 3 rings (SSSR count). The van der Waals surface area contributed by atoms with Gasteiger partial charge in [-0.25, -0.2) is 9.78 Å². The van der Waals surface area contributed by atoms with E-state index >= 15 is 0 Å². The number of nitrogens with zero attached hydrogens (tertiary/aromatic N) is 1. The summed E-state index contributed by atoms with van der Waals surface area (Å²) in [5, 5.41) is 4.00. The van der Waals surface area contributed by atoms with E-state index in [-0.39, 0.29) is 18.6 Å². The van der Waals surface area contributed by atoms with Crippen molar-refractivity contribution in [2.75, 3.05) is 19.8 Å². The predicted octanol–water partition coefficient (Wildman–Crippen LogP) is 3.22. The first-order valence-corrected chi connectivity index (χ1v) is 9.51. The molecule has 1 amide bonds. The third-order valence-corrected chi connectivity index (χ3v) is 5.36. The zero-order valence-corrected chi connectivity index (χ0v) is 15.9. The Bertz CT molecular complexity index is 802. The number of carbonyl (C=O) groups is 2. The number of aryl methyl sites for hydroxylation is 1. The first-order chi connectivity index (χ1) is 12.5. The molecule has 2 heterocycles. The number of hydrogen-bond donors (Lipinski definition) is 1. The molecule has 138 valence electrons. The van der Waals surface area contributed by atoms with Crippen molar-refractivity contribution in [2.24, 2.45) is 0 Å². The maximum Gasteiger partial charge on any atom is 0.350 e. The molecular formula is C18H19ClN2O4S. The molecule has 0 aliphatic carbocycles. The summed E-state index contributed by atoms with van der Waals surface area (Å²) in [7, 11) is 0. The Kier molecular flexibility index (Phi) is 6.24. The quantitative estimate of drug-likeness (QED) is 0.761. The van der Waals surface area contributed by atoms with Crippen molar-refractivity contribution < 1.29 is 19.1 Å². The van der Waals surface area contributed by atoms with Crippen molar-refractivity contribution >= 4 is 34.8 Å². The molecule has 1 aliphatic heterocycles. The lowest BCUT2D eigenvalue weighted by molar-refractivity contribution is -0.124. The molecule has 8 heteroatoms. The summed E-state index contributed by atoms with van der Waals surface area (Å²) in [6, 6.07) is 7.26. The van der Waals surface area contributed by atoms with E-state index in [2.05, 4.69) is 10.3 Å². The maximum absolute atomic E-state index is 12.3. The average molecular weight is 395 g/mol. The van der Waals surface area contributed by atoms with Crippen LogP contribution in [0.2, 0.25) is 5.02 Å². The van der Waals surface area contributed by atoms with E-state index < -0.39 is 5.97 Å². The van der Waals surface area contributed by atoms with Crippen LogP contribution < -0.4 is 5.32 Å². The molecule has 1 saturated heterocycles. The highest BCUT2D eigenvalue weighted by Crippen LogP contribution is 2.29. The van der Waals surface area contributed by atoms with Crippen LogP contribution >= 0.6 is 22.9 Å². The molecule has 1 N–H and O–H groups in total. The number of carbonyl (C=O) groups excluding carboxylic acids is 2. The molecule has 0 saturated carbocycles. The van der Waals surface area contributed by atoms with Gasteiger partial charge < -0.3 is 14.8 Å². The number of thiazole rings is 1. The topological polar surface area (TPSA) is 77.5 Å². The maximum atomic E-state index is 12.3. The van der Waals surface area contributed by atoms with Crippen LogP contribution in [-0.2, 0) is 14.3 Å². The first kappa shape index (κ1) is 18.8. The average Bonchev–Trinajstić information content (AvgIpc) is 3.27. The van der Waals surface area contributed by atoms with E-state index in [0.717, 1.165) is 25.0 Å². The van der Waals surface area contributed by atoms with Gasteiger partial charge in [0, 0.05) is 23.7 Å². The molecule has 1 aliphatic rings. The summed E-state index contributed by atoms with van der Waals surface area (Å²) in [5.41, 5.74) is 1.40. The molecule has 0 bridgehead atoms. The van der Waals surface area contributed by atoms with Crippen LogP contribution in [0.25, 0.3) is 10.6 Å². The van der Waals surface area contributed by atoms with Crippen molar-refractivity contribution in [3.05, 3.63) is 39.9 Å². The molecule has 0 spiro atoms. The number of ether oxygens (including phenoxy) is 2. The highest BCUT2D eigenvalue weighted by Gasteiger charge is 2.20. The number of nitrogens with one attached hydrogen (secondary N) is 1. The Morgan fingerprint density at radius 1 is 1.46 bits per heavy atom. The van der Waals surface area contributed by atoms with E-state index in [9.17, 15) is 9.59 Å². The number of benzene rings is 1. The summed E-state index contributed by atoms with van der Waals surface area (Å²) in [4.78, 5) is 28.9. The molecule has 1 atom stereocenters. The number of aromatic nitrogens is 1. The fourth-order valence-corrected chi connectivity index (χ4v) is 3.76. The lowest BCUT2D eigenvalue weighted by Crippen LogP contribution is -2.34. The van der Waals surface area contributed by atoms with E-state index in [1.165, 1.54) is 11.3 Å². The van der Waals surface area contributed by atoms with Crippen molar-refractivity contribution in [3.8, 4) is 10.6 Å². The molecule has 1 fully saturated rings. The van der Waals surface area contributed by atoms with Gasteiger partial charge in [0.2, 0.25) is 0 Å². The monoisotopic (exact) mass is 394 g/mol. The van der Waals surface area contributed by atoms with Crippen molar-refractivity contribution in [3.63, 3.8) is 0 Å². The lowest BCUT2D eigenvalue weighted by atomic mass is 10.2.